The molecule has 0 saturated carbocycles. The zero-order valence-corrected chi connectivity index (χ0v) is 16.4. The molecule has 0 aliphatic heterocycles. The molecule has 0 heterocycles. The van der Waals surface area contributed by atoms with Crippen molar-refractivity contribution in [3.63, 3.8) is 0 Å². The number of anilines is 2. The molecule has 0 radical (unpaired) electrons. The summed E-state index contributed by atoms with van der Waals surface area (Å²) in [5, 5.41) is 5.44. The number of aryl methyl sites for hydroxylation is 1. The average molecular weight is 370 g/mol. The summed E-state index contributed by atoms with van der Waals surface area (Å²) in [5.74, 6) is 1.05. The fourth-order valence-electron chi connectivity index (χ4n) is 2.55. The first-order valence-corrected chi connectivity index (χ1v) is 8.79. The van der Waals surface area contributed by atoms with Gasteiger partial charge in [0, 0.05) is 12.6 Å². The van der Waals surface area contributed by atoms with Crippen molar-refractivity contribution in [2.24, 2.45) is 0 Å². The summed E-state index contributed by atoms with van der Waals surface area (Å²) >= 11 is 0. The lowest BCUT2D eigenvalue weighted by Gasteiger charge is -2.14. The summed E-state index contributed by atoms with van der Waals surface area (Å²) in [5.41, 5.74) is 3.16. The van der Waals surface area contributed by atoms with Gasteiger partial charge in [-0.1, -0.05) is 26.0 Å². The Balaban J connectivity index is 2.07. The number of amides is 2. The third-order valence-electron chi connectivity index (χ3n) is 4.03. The molecule has 2 rings (SSSR count). The Bertz CT molecular complexity index is 831. The number of carbonyl (C=O) groups is 2. The molecule has 27 heavy (non-hydrogen) atoms. The van der Waals surface area contributed by atoms with Crippen molar-refractivity contribution in [3.8, 4) is 11.5 Å². The standard InChI is InChI=1S/C21H26N2O4/c1-13(2)16-7-6-14(3)20(10-16)27-12-21(25)23-18-11-17(22-15(4)24)8-9-19(18)26-5/h6-11,13H,12H2,1-5H3,(H,22,24)(H,23,25). The highest BCUT2D eigenvalue weighted by Crippen LogP contribution is 2.28. The van der Waals surface area contributed by atoms with Gasteiger partial charge >= 0.3 is 0 Å². The number of rotatable bonds is 7. The minimum atomic E-state index is -0.317. The van der Waals surface area contributed by atoms with Gasteiger partial charge in [0.1, 0.15) is 11.5 Å². The van der Waals surface area contributed by atoms with Crippen molar-refractivity contribution < 1.29 is 19.1 Å². The van der Waals surface area contributed by atoms with Crippen LogP contribution in [0.1, 0.15) is 37.8 Å². The lowest BCUT2D eigenvalue weighted by atomic mass is 10.0. The topological polar surface area (TPSA) is 76.7 Å². The van der Waals surface area contributed by atoms with Crippen LogP contribution in [0.2, 0.25) is 0 Å². The molecule has 0 unspecified atom stereocenters. The van der Waals surface area contributed by atoms with Gasteiger partial charge in [-0.15, -0.1) is 0 Å². The number of methoxy groups -OCH3 is 1. The van der Waals surface area contributed by atoms with Gasteiger partial charge in [0.2, 0.25) is 5.91 Å². The van der Waals surface area contributed by atoms with Crippen LogP contribution in [-0.4, -0.2) is 25.5 Å². The predicted octanol–water partition coefficient (Wildman–Crippen LogP) is 4.10. The summed E-state index contributed by atoms with van der Waals surface area (Å²) in [6.45, 7) is 7.45. The molecule has 0 fully saturated rings. The van der Waals surface area contributed by atoms with Crippen LogP contribution in [0, 0.1) is 6.92 Å². The molecule has 0 aromatic heterocycles. The third kappa shape index (κ3) is 5.74. The van der Waals surface area contributed by atoms with Crippen LogP contribution in [0.25, 0.3) is 0 Å². The van der Waals surface area contributed by atoms with Crippen LogP contribution in [-0.2, 0) is 9.59 Å². The minimum Gasteiger partial charge on any atom is -0.495 e. The minimum absolute atomic E-state index is 0.129. The second-order valence-corrected chi connectivity index (χ2v) is 6.61. The van der Waals surface area contributed by atoms with Crippen molar-refractivity contribution in [2.45, 2.75) is 33.6 Å². The number of carbonyl (C=O) groups excluding carboxylic acids is 2. The van der Waals surface area contributed by atoms with Crippen LogP contribution < -0.4 is 20.1 Å². The van der Waals surface area contributed by atoms with E-state index in [9.17, 15) is 9.59 Å². The van der Waals surface area contributed by atoms with Crippen LogP contribution in [0.15, 0.2) is 36.4 Å². The highest BCUT2D eigenvalue weighted by atomic mass is 16.5. The number of ether oxygens (including phenoxy) is 2. The van der Waals surface area contributed by atoms with Crippen LogP contribution >= 0.6 is 0 Å². The zero-order chi connectivity index (χ0) is 20.0. The van der Waals surface area contributed by atoms with E-state index in [0.29, 0.717) is 28.8 Å². The Morgan fingerprint density at radius 1 is 1.04 bits per heavy atom. The Morgan fingerprint density at radius 2 is 1.78 bits per heavy atom. The van der Waals surface area contributed by atoms with E-state index in [1.54, 1.807) is 18.2 Å². The summed E-state index contributed by atoms with van der Waals surface area (Å²) < 4.78 is 11.0. The predicted molar refractivity (Wildman–Crippen MR) is 107 cm³/mol. The molecule has 2 aromatic carbocycles. The third-order valence-corrected chi connectivity index (χ3v) is 4.03. The van der Waals surface area contributed by atoms with E-state index in [0.717, 1.165) is 11.1 Å². The maximum Gasteiger partial charge on any atom is 0.262 e. The highest BCUT2D eigenvalue weighted by Gasteiger charge is 2.11. The first-order valence-electron chi connectivity index (χ1n) is 8.79. The van der Waals surface area contributed by atoms with E-state index in [4.69, 9.17) is 9.47 Å². The van der Waals surface area contributed by atoms with Crippen LogP contribution in [0.5, 0.6) is 11.5 Å². The Labute approximate surface area is 159 Å². The van der Waals surface area contributed by atoms with E-state index in [-0.39, 0.29) is 18.4 Å². The van der Waals surface area contributed by atoms with Gasteiger partial charge in [0.05, 0.1) is 12.8 Å². The van der Waals surface area contributed by atoms with Gasteiger partial charge in [-0.3, -0.25) is 9.59 Å². The van der Waals surface area contributed by atoms with Gasteiger partial charge in [0.15, 0.2) is 6.61 Å². The van der Waals surface area contributed by atoms with Gasteiger partial charge in [-0.2, -0.15) is 0 Å². The van der Waals surface area contributed by atoms with Crippen LogP contribution in [0.3, 0.4) is 0 Å². The first kappa shape index (κ1) is 20.3. The molecule has 0 aliphatic rings. The SMILES string of the molecule is COc1ccc(NC(C)=O)cc1NC(=O)COc1cc(C(C)C)ccc1C. The summed E-state index contributed by atoms with van der Waals surface area (Å²) in [6.07, 6.45) is 0. The zero-order valence-electron chi connectivity index (χ0n) is 16.4. The molecule has 0 spiro atoms. The summed E-state index contributed by atoms with van der Waals surface area (Å²) in [6, 6.07) is 11.0. The van der Waals surface area contributed by atoms with Crippen molar-refractivity contribution in [1.82, 2.24) is 0 Å². The van der Waals surface area contributed by atoms with Gasteiger partial charge in [-0.25, -0.2) is 0 Å². The summed E-state index contributed by atoms with van der Waals surface area (Å²) in [7, 11) is 1.51. The molecule has 0 bridgehead atoms. The number of benzene rings is 2. The maximum absolute atomic E-state index is 12.3. The second-order valence-electron chi connectivity index (χ2n) is 6.61. The fraction of sp³-hybridized carbons (Fsp3) is 0.333. The number of nitrogens with one attached hydrogen (secondary N) is 2. The Kier molecular flexibility index (Phi) is 6.82. The van der Waals surface area contributed by atoms with Gasteiger partial charge < -0.3 is 20.1 Å². The van der Waals surface area contributed by atoms with Gasteiger partial charge in [0.25, 0.3) is 5.91 Å². The van der Waals surface area contributed by atoms with Crippen LogP contribution in [0.4, 0.5) is 11.4 Å². The molecule has 2 aromatic rings. The average Bonchev–Trinajstić information content (AvgIpc) is 2.60. The Morgan fingerprint density at radius 3 is 2.41 bits per heavy atom. The van der Waals surface area contributed by atoms with Crippen molar-refractivity contribution >= 4 is 23.2 Å². The lowest BCUT2D eigenvalue weighted by Crippen LogP contribution is -2.21. The quantitative estimate of drug-likeness (QED) is 0.769. The van der Waals surface area contributed by atoms with E-state index in [2.05, 4.69) is 30.5 Å². The smallest absolute Gasteiger partial charge is 0.262 e. The molecular weight excluding hydrogens is 344 g/mol. The second kappa shape index (κ2) is 9.07. The highest BCUT2D eigenvalue weighted by molar-refractivity contribution is 5.95. The summed E-state index contributed by atoms with van der Waals surface area (Å²) in [4.78, 5) is 23.6. The Hall–Kier alpha value is -3.02. The maximum atomic E-state index is 12.3. The van der Waals surface area contributed by atoms with E-state index < -0.39 is 0 Å². The van der Waals surface area contributed by atoms with E-state index in [1.807, 2.05) is 19.1 Å². The van der Waals surface area contributed by atoms with Crippen molar-refractivity contribution in [1.29, 1.82) is 0 Å². The molecule has 0 atom stereocenters. The fourth-order valence-corrected chi connectivity index (χ4v) is 2.55. The largest absolute Gasteiger partial charge is 0.495 e. The van der Waals surface area contributed by atoms with E-state index in [1.165, 1.54) is 14.0 Å². The molecule has 6 heteroatoms. The molecule has 6 nitrogen and oxygen atoms in total. The molecule has 2 amide bonds. The number of hydrogen-bond donors (Lipinski definition) is 2. The molecule has 0 aliphatic carbocycles. The van der Waals surface area contributed by atoms with Crippen molar-refractivity contribution in [2.75, 3.05) is 24.4 Å². The van der Waals surface area contributed by atoms with Gasteiger partial charge in [-0.05, 0) is 48.2 Å². The van der Waals surface area contributed by atoms with E-state index >= 15 is 0 Å². The number of hydrogen-bond acceptors (Lipinski definition) is 4. The molecular formula is C21H26N2O4. The van der Waals surface area contributed by atoms with Crippen molar-refractivity contribution in [3.05, 3.63) is 47.5 Å². The first-order chi connectivity index (χ1) is 12.8. The molecule has 0 saturated heterocycles. The monoisotopic (exact) mass is 370 g/mol. The normalized spacial score (nSPS) is 10.4. The molecule has 144 valence electrons. The molecule has 2 N–H and O–H groups in total. The lowest BCUT2D eigenvalue weighted by molar-refractivity contribution is -0.118.